The summed E-state index contributed by atoms with van der Waals surface area (Å²) in [5, 5.41) is 2.61. The van der Waals surface area contributed by atoms with Gasteiger partial charge in [-0.3, -0.25) is 4.99 Å². The summed E-state index contributed by atoms with van der Waals surface area (Å²) in [6.45, 7) is 2.26. The zero-order valence-corrected chi connectivity index (χ0v) is 11.7. The number of ether oxygens (including phenoxy) is 1. The lowest BCUT2D eigenvalue weighted by atomic mass is 9.94. The van der Waals surface area contributed by atoms with Crippen LogP contribution in [0, 0.1) is 23.0 Å². The molecule has 0 aromatic heterocycles. The molecule has 1 spiro atoms. The average Bonchev–Trinajstić information content (AvgIpc) is 3.13. The molecular weight excluding hydrogens is 276 g/mol. The Morgan fingerprint density at radius 2 is 2.14 bits per heavy atom. The van der Waals surface area contributed by atoms with E-state index in [1.807, 2.05) is 0 Å². The van der Waals surface area contributed by atoms with Crippen molar-refractivity contribution in [3.63, 3.8) is 0 Å². The highest BCUT2D eigenvalue weighted by Crippen LogP contribution is 2.59. The van der Waals surface area contributed by atoms with E-state index in [4.69, 9.17) is 10.5 Å². The lowest BCUT2D eigenvalue weighted by molar-refractivity contribution is 0.0525. The van der Waals surface area contributed by atoms with Crippen LogP contribution in [0.5, 0.6) is 0 Å². The fourth-order valence-electron chi connectivity index (χ4n) is 3.06. The Morgan fingerprint density at radius 3 is 2.90 bits per heavy atom. The van der Waals surface area contributed by atoms with Gasteiger partial charge in [0.25, 0.3) is 0 Å². The summed E-state index contributed by atoms with van der Waals surface area (Å²) < 4.78 is 31.9. The SMILES string of the molecule is NC(=NCC1CC12CCOCC2)Nc1cc(F)ccc1F. The molecule has 1 unspecified atom stereocenters. The van der Waals surface area contributed by atoms with E-state index in [0.29, 0.717) is 17.9 Å². The summed E-state index contributed by atoms with van der Waals surface area (Å²) in [4.78, 5) is 4.26. The molecule has 0 bridgehead atoms. The Morgan fingerprint density at radius 1 is 1.38 bits per heavy atom. The zero-order chi connectivity index (χ0) is 14.9. The topological polar surface area (TPSA) is 59.6 Å². The van der Waals surface area contributed by atoms with Gasteiger partial charge in [-0.05, 0) is 42.7 Å². The molecule has 3 rings (SSSR count). The molecule has 1 heterocycles. The van der Waals surface area contributed by atoms with Gasteiger partial charge in [-0.25, -0.2) is 8.78 Å². The molecule has 1 aliphatic heterocycles. The molecule has 0 radical (unpaired) electrons. The highest BCUT2D eigenvalue weighted by atomic mass is 19.1. The van der Waals surface area contributed by atoms with Crippen molar-refractivity contribution in [3.8, 4) is 0 Å². The van der Waals surface area contributed by atoms with Crippen molar-refractivity contribution in [2.24, 2.45) is 22.1 Å². The lowest BCUT2D eigenvalue weighted by Gasteiger charge is -2.22. The van der Waals surface area contributed by atoms with E-state index in [-0.39, 0.29) is 11.6 Å². The minimum absolute atomic E-state index is 0.00725. The van der Waals surface area contributed by atoms with Gasteiger partial charge in [-0.1, -0.05) is 0 Å². The van der Waals surface area contributed by atoms with Gasteiger partial charge in [0.05, 0.1) is 5.69 Å². The van der Waals surface area contributed by atoms with Gasteiger partial charge in [0.2, 0.25) is 0 Å². The van der Waals surface area contributed by atoms with Crippen molar-refractivity contribution < 1.29 is 13.5 Å². The number of guanidine groups is 1. The molecule has 1 aliphatic carbocycles. The number of benzene rings is 1. The maximum atomic E-state index is 13.5. The Balaban J connectivity index is 1.56. The minimum Gasteiger partial charge on any atom is -0.381 e. The third-order valence-corrected chi connectivity index (χ3v) is 4.52. The van der Waals surface area contributed by atoms with Crippen molar-refractivity contribution in [3.05, 3.63) is 29.8 Å². The average molecular weight is 295 g/mol. The first kappa shape index (κ1) is 14.3. The van der Waals surface area contributed by atoms with Crippen LogP contribution in [-0.2, 0) is 4.74 Å². The summed E-state index contributed by atoms with van der Waals surface area (Å²) in [6.07, 6.45) is 3.32. The largest absolute Gasteiger partial charge is 0.381 e. The monoisotopic (exact) mass is 295 g/mol. The van der Waals surface area contributed by atoms with Crippen LogP contribution in [-0.4, -0.2) is 25.7 Å². The summed E-state index contributed by atoms with van der Waals surface area (Å²) in [6, 6.07) is 3.19. The number of nitrogens with two attached hydrogens (primary N) is 1. The van der Waals surface area contributed by atoms with Crippen LogP contribution in [0.4, 0.5) is 14.5 Å². The summed E-state index contributed by atoms with van der Waals surface area (Å²) in [5.41, 5.74) is 6.13. The second kappa shape index (κ2) is 5.60. The molecule has 1 aromatic carbocycles. The molecule has 1 saturated carbocycles. The molecule has 2 aliphatic rings. The van der Waals surface area contributed by atoms with Crippen LogP contribution in [0.15, 0.2) is 23.2 Å². The Bertz CT molecular complexity index is 556. The predicted molar refractivity (Wildman–Crippen MR) is 77.1 cm³/mol. The predicted octanol–water partition coefficient (Wildman–Crippen LogP) is 2.51. The van der Waals surface area contributed by atoms with Crippen LogP contribution in [0.25, 0.3) is 0 Å². The summed E-state index contributed by atoms with van der Waals surface area (Å²) >= 11 is 0. The van der Waals surface area contributed by atoms with E-state index < -0.39 is 11.6 Å². The number of hydrogen-bond donors (Lipinski definition) is 2. The van der Waals surface area contributed by atoms with Gasteiger partial charge in [-0.2, -0.15) is 0 Å². The number of nitrogens with one attached hydrogen (secondary N) is 1. The first-order chi connectivity index (χ1) is 10.1. The summed E-state index contributed by atoms with van der Waals surface area (Å²) in [5.74, 6) is -0.426. The standard InChI is InChI=1S/C15H19F2N3O/c16-11-1-2-12(17)13(7-11)20-14(18)19-9-10-8-15(10)3-5-21-6-4-15/h1-2,7,10H,3-6,8-9H2,(H3,18,19,20). The molecular formula is C15H19F2N3O. The zero-order valence-electron chi connectivity index (χ0n) is 11.7. The van der Waals surface area contributed by atoms with Gasteiger partial charge in [0.1, 0.15) is 11.6 Å². The molecule has 1 saturated heterocycles. The number of halogens is 2. The smallest absolute Gasteiger partial charge is 0.193 e. The molecule has 2 fully saturated rings. The van der Waals surface area contributed by atoms with Crippen molar-refractivity contribution in [2.45, 2.75) is 19.3 Å². The van der Waals surface area contributed by atoms with Gasteiger partial charge < -0.3 is 15.8 Å². The molecule has 3 N–H and O–H groups in total. The number of hydrogen-bond acceptors (Lipinski definition) is 2. The maximum absolute atomic E-state index is 13.5. The lowest BCUT2D eigenvalue weighted by Crippen LogP contribution is -2.24. The maximum Gasteiger partial charge on any atom is 0.193 e. The Hall–Kier alpha value is -1.69. The van der Waals surface area contributed by atoms with Crippen molar-refractivity contribution >= 4 is 11.6 Å². The van der Waals surface area contributed by atoms with Crippen LogP contribution >= 0.6 is 0 Å². The highest BCUT2D eigenvalue weighted by molar-refractivity contribution is 5.92. The van der Waals surface area contributed by atoms with Gasteiger partial charge in [0, 0.05) is 25.8 Å². The number of nitrogens with zero attached hydrogens (tertiary/aromatic N) is 1. The highest BCUT2D eigenvalue weighted by Gasteiger charge is 2.53. The quantitative estimate of drug-likeness (QED) is 0.665. The van der Waals surface area contributed by atoms with Crippen LogP contribution in [0.1, 0.15) is 19.3 Å². The molecule has 114 valence electrons. The number of aliphatic imine (C=N–C) groups is 1. The third-order valence-electron chi connectivity index (χ3n) is 4.52. The molecule has 6 heteroatoms. The van der Waals surface area contributed by atoms with Gasteiger partial charge >= 0.3 is 0 Å². The number of anilines is 1. The van der Waals surface area contributed by atoms with E-state index in [0.717, 1.165) is 50.7 Å². The Labute approximate surface area is 122 Å². The molecule has 21 heavy (non-hydrogen) atoms. The van der Waals surface area contributed by atoms with Gasteiger partial charge in [-0.15, -0.1) is 0 Å². The summed E-state index contributed by atoms with van der Waals surface area (Å²) in [7, 11) is 0. The van der Waals surface area contributed by atoms with Crippen LogP contribution < -0.4 is 11.1 Å². The van der Waals surface area contributed by atoms with Crippen molar-refractivity contribution in [2.75, 3.05) is 25.1 Å². The van der Waals surface area contributed by atoms with E-state index >= 15 is 0 Å². The molecule has 1 aromatic rings. The van der Waals surface area contributed by atoms with E-state index in [1.54, 1.807) is 0 Å². The van der Waals surface area contributed by atoms with Crippen molar-refractivity contribution in [1.29, 1.82) is 0 Å². The normalized spacial score (nSPS) is 24.1. The van der Waals surface area contributed by atoms with E-state index in [9.17, 15) is 8.78 Å². The third kappa shape index (κ3) is 3.15. The first-order valence-electron chi connectivity index (χ1n) is 7.19. The first-order valence-corrected chi connectivity index (χ1v) is 7.19. The fraction of sp³-hybridized carbons (Fsp3) is 0.533. The second-order valence-corrected chi connectivity index (χ2v) is 5.85. The van der Waals surface area contributed by atoms with E-state index in [2.05, 4.69) is 10.3 Å². The van der Waals surface area contributed by atoms with Gasteiger partial charge in [0.15, 0.2) is 5.96 Å². The van der Waals surface area contributed by atoms with Crippen LogP contribution in [0.3, 0.4) is 0 Å². The Kier molecular flexibility index (Phi) is 3.80. The second-order valence-electron chi connectivity index (χ2n) is 5.85. The molecule has 1 atom stereocenters. The van der Waals surface area contributed by atoms with Crippen molar-refractivity contribution in [1.82, 2.24) is 0 Å². The van der Waals surface area contributed by atoms with Crippen LogP contribution in [0.2, 0.25) is 0 Å². The fourth-order valence-corrected chi connectivity index (χ4v) is 3.06. The molecule has 4 nitrogen and oxygen atoms in total. The molecule has 0 amide bonds. The van der Waals surface area contributed by atoms with E-state index in [1.165, 1.54) is 0 Å². The number of rotatable bonds is 3. The minimum atomic E-state index is -0.554.